The van der Waals surface area contributed by atoms with Gasteiger partial charge < -0.3 is 10.6 Å². The van der Waals surface area contributed by atoms with Crippen LogP contribution in [-0.2, 0) is 13.6 Å². The fraction of sp³-hybridized carbons (Fsp3) is 0.583. The second kappa shape index (κ2) is 6.00. The van der Waals surface area contributed by atoms with Crippen molar-refractivity contribution in [2.75, 3.05) is 13.1 Å². The number of amides is 1. The number of carbonyl (C=O) groups is 1. The first kappa shape index (κ1) is 13.7. The first-order chi connectivity index (χ1) is 10.2. The molecule has 9 nitrogen and oxygen atoms in total. The molecule has 1 fully saturated rings. The average Bonchev–Trinajstić information content (AvgIpc) is 3.15. The van der Waals surface area contributed by atoms with Crippen molar-refractivity contribution in [1.29, 1.82) is 0 Å². The van der Waals surface area contributed by atoms with E-state index in [1.165, 1.54) is 0 Å². The monoisotopic (exact) mass is 290 g/mol. The lowest BCUT2D eigenvalue weighted by molar-refractivity contribution is 0.0944. The molecule has 0 saturated carbocycles. The molecule has 0 aliphatic carbocycles. The quantitative estimate of drug-likeness (QED) is 0.769. The Labute approximate surface area is 121 Å². The molecule has 2 N–H and O–H groups in total. The van der Waals surface area contributed by atoms with Crippen LogP contribution in [0.2, 0.25) is 0 Å². The fourth-order valence-corrected chi connectivity index (χ4v) is 2.35. The van der Waals surface area contributed by atoms with E-state index in [9.17, 15) is 4.79 Å². The minimum atomic E-state index is -0.261. The van der Waals surface area contributed by atoms with Gasteiger partial charge in [-0.25, -0.2) is 9.67 Å². The predicted molar refractivity (Wildman–Crippen MR) is 73.3 cm³/mol. The third-order valence-corrected chi connectivity index (χ3v) is 3.48. The van der Waals surface area contributed by atoms with Gasteiger partial charge in [-0.15, -0.1) is 5.10 Å². The van der Waals surface area contributed by atoms with Crippen LogP contribution < -0.4 is 10.6 Å². The van der Waals surface area contributed by atoms with E-state index in [0.29, 0.717) is 17.6 Å². The SMILES string of the molecule is Cn1cnc(CNC(=O)c2cn(C3CCNCC3)nn2)n1. The lowest BCUT2D eigenvalue weighted by Crippen LogP contribution is -2.29. The number of nitrogens with one attached hydrogen (secondary N) is 2. The number of nitrogens with zero attached hydrogens (tertiary/aromatic N) is 6. The summed E-state index contributed by atoms with van der Waals surface area (Å²) < 4.78 is 3.38. The van der Waals surface area contributed by atoms with Crippen molar-refractivity contribution in [1.82, 2.24) is 40.4 Å². The molecule has 0 atom stereocenters. The van der Waals surface area contributed by atoms with Crippen LogP contribution in [0.15, 0.2) is 12.5 Å². The van der Waals surface area contributed by atoms with E-state index >= 15 is 0 Å². The van der Waals surface area contributed by atoms with Gasteiger partial charge >= 0.3 is 0 Å². The molecule has 3 heterocycles. The van der Waals surface area contributed by atoms with Gasteiger partial charge in [0.15, 0.2) is 11.5 Å². The summed E-state index contributed by atoms with van der Waals surface area (Å²) in [5.74, 6) is 0.305. The normalized spacial score (nSPS) is 16.0. The molecule has 0 aromatic carbocycles. The van der Waals surface area contributed by atoms with Crippen molar-refractivity contribution >= 4 is 5.91 Å². The number of carbonyl (C=O) groups excluding carboxylic acids is 1. The Morgan fingerprint density at radius 1 is 1.48 bits per heavy atom. The van der Waals surface area contributed by atoms with Crippen LogP contribution >= 0.6 is 0 Å². The molecule has 0 spiro atoms. The molecule has 0 unspecified atom stereocenters. The van der Waals surface area contributed by atoms with Crippen LogP contribution in [0.5, 0.6) is 0 Å². The molecule has 1 amide bonds. The van der Waals surface area contributed by atoms with Gasteiger partial charge in [0.1, 0.15) is 6.33 Å². The number of rotatable bonds is 4. The molecule has 0 bridgehead atoms. The van der Waals surface area contributed by atoms with E-state index in [1.807, 2.05) is 0 Å². The highest BCUT2D eigenvalue weighted by molar-refractivity contribution is 5.91. The van der Waals surface area contributed by atoms with Crippen LogP contribution in [0.3, 0.4) is 0 Å². The Balaban J connectivity index is 1.58. The third kappa shape index (κ3) is 3.24. The lowest BCUT2D eigenvalue weighted by Gasteiger charge is -2.22. The third-order valence-electron chi connectivity index (χ3n) is 3.48. The van der Waals surface area contributed by atoms with Gasteiger partial charge in [0.25, 0.3) is 5.91 Å². The maximum Gasteiger partial charge on any atom is 0.273 e. The molecule has 9 heteroatoms. The Bertz CT molecular complexity index is 612. The smallest absolute Gasteiger partial charge is 0.273 e. The fourth-order valence-electron chi connectivity index (χ4n) is 2.35. The molecule has 112 valence electrons. The summed E-state index contributed by atoms with van der Waals surface area (Å²) >= 11 is 0. The maximum atomic E-state index is 12.0. The number of aryl methyl sites for hydroxylation is 1. The maximum absolute atomic E-state index is 12.0. The summed E-state index contributed by atoms with van der Waals surface area (Å²) in [7, 11) is 1.78. The van der Waals surface area contributed by atoms with Gasteiger partial charge in [-0.2, -0.15) is 5.10 Å². The zero-order valence-corrected chi connectivity index (χ0v) is 11.9. The molecule has 1 aliphatic heterocycles. The van der Waals surface area contributed by atoms with E-state index in [-0.39, 0.29) is 12.5 Å². The number of hydrogen-bond acceptors (Lipinski definition) is 6. The molecule has 3 rings (SSSR count). The molecule has 2 aromatic rings. The van der Waals surface area contributed by atoms with Crippen molar-refractivity contribution in [2.24, 2.45) is 7.05 Å². The summed E-state index contributed by atoms with van der Waals surface area (Å²) in [5.41, 5.74) is 0.324. The molecule has 1 aliphatic rings. The van der Waals surface area contributed by atoms with Crippen LogP contribution in [0.1, 0.15) is 35.2 Å². The van der Waals surface area contributed by atoms with E-state index < -0.39 is 0 Å². The summed E-state index contributed by atoms with van der Waals surface area (Å²) in [6.45, 7) is 2.22. The van der Waals surface area contributed by atoms with E-state index in [2.05, 4.69) is 31.0 Å². The minimum absolute atomic E-state index is 0.261. The lowest BCUT2D eigenvalue weighted by atomic mass is 10.1. The second-order valence-electron chi connectivity index (χ2n) is 5.08. The van der Waals surface area contributed by atoms with Gasteiger partial charge in [-0.3, -0.25) is 9.48 Å². The second-order valence-corrected chi connectivity index (χ2v) is 5.08. The average molecular weight is 290 g/mol. The summed E-state index contributed by atoms with van der Waals surface area (Å²) in [4.78, 5) is 16.1. The Morgan fingerprint density at radius 2 is 2.29 bits per heavy atom. The summed E-state index contributed by atoms with van der Waals surface area (Å²) in [5, 5.41) is 18.1. The summed E-state index contributed by atoms with van der Waals surface area (Å²) in [6.07, 6.45) is 5.30. The first-order valence-electron chi connectivity index (χ1n) is 6.97. The van der Waals surface area contributed by atoms with Gasteiger partial charge in [-0.1, -0.05) is 5.21 Å². The molecule has 2 aromatic heterocycles. The highest BCUT2D eigenvalue weighted by atomic mass is 16.2. The molecular formula is C12H18N8O. The predicted octanol–water partition coefficient (Wildman–Crippen LogP) is -0.739. The van der Waals surface area contributed by atoms with E-state index in [1.54, 1.807) is 28.9 Å². The van der Waals surface area contributed by atoms with E-state index in [0.717, 1.165) is 25.9 Å². The van der Waals surface area contributed by atoms with Crippen LogP contribution in [0.25, 0.3) is 0 Å². The van der Waals surface area contributed by atoms with Gasteiger partial charge in [-0.05, 0) is 25.9 Å². The Kier molecular flexibility index (Phi) is 3.91. The minimum Gasteiger partial charge on any atom is -0.343 e. The van der Waals surface area contributed by atoms with Crippen LogP contribution in [0, 0.1) is 0 Å². The standard InChI is InChI=1S/C12H18N8O/c1-19-8-15-11(17-19)6-14-12(21)10-7-20(18-16-10)9-2-4-13-5-3-9/h7-9,13H,2-6H2,1H3,(H,14,21). The summed E-state index contributed by atoms with van der Waals surface area (Å²) in [6, 6.07) is 0.317. The van der Waals surface area contributed by atoms with Crippen molar-refractivity contribution in [3.63, 3.8) is 0 Å². The number of aromatic nitrogens is 6. The number of hydrogen-bond donors (Lipinski definition) is 2. The van der Waals surface area contributed by atoms with Gasteiger partial charge in [0, 0.05) is 7.05 Å². The van der Waals surface area contributed by atoms with Crippen LogP contribution in [0.4, 0.5) is 0 Å². The van der Waals surface area contributed by atoms with Gasteiger partial charge in [0.05, 0.1) is 18.8 Å². The first-order valence-corrected chi connectivity index (χ1v) is 6.97. The van der Waals surface area contributed by atoms with Crippen molar-refractivity contribution < 1.29 is 4.79 Å². The highest BCUT2D eigenvalue weighted by Crippen LogP contribution is 2.16. The Morgan fingerprint density at radius 3 is 3.00 bits per heavy atom. The van der Waals surface area contributed by atoms with Crippen molar-refractivity contribution in [3.05, 3.63) is 24.0 Å². The number of piperidine rings is 1. The largest absolute Gasteiger partial charge is 0.343 e. The van der Waals surface area contributed by atoms with E-state index in [4.69, 9.17) is 0 Å². The van der Waals surface area contributed by atoms with Crippen molar-refractivity contribution in [2.45, 2.75) is 25.4 Å². The molecule has 0 radical (unpaired) electrons. The molecule has 21 heavy (non-hydrogen) atoms. The highest BCUT2D eigenvalue weighted by Gasteiger charge is 2.18. The van der Waals surface area contributed by atoms with Crippen molar-refractivity contribution in [3.8, 4) is 0 Å². The zero-order valence-electron chi connectivity index (χ0n) is 11.9. The zero-order chi connectivity index (χ0) is 14.7. The van der Waals surface area contributed by atoms with Crippen LogP contribution in [-0.4, -0.2) is 48.8 Å². The Hall–Kier alpha value is -2.29. The topological polar surface area (TPSA) is 103 Å². The molecule has 1 saturated heterocycles. The molecular weight excluding hydrogens is 272 g/mol. The van der Waals surface area contributed by atoms with Gasteiger partial charge in [0.2, 0.25) is 0 Å².